The third-order valence-corrected chi connectivity index (χ3v) is 3.76. The molecule has 0 radical (unpaired) electrons. The van der Waals surface area contributed by atoms with Gasteiger partial charge >= 0.3 is 6.36 Å². The minimum absolute atomic E-state index is 0.0762. The van der Waals surface area contributed by atoms with Crippen molar-refractivity contribution in [2.75, 3.05) is 7.05 Å². The maximum atomic E-state index is 12.5. The number of halogens is 3. The van der Waals surface area contributed by atoms with Crippen molar-refractivity contribution >= 4 is 5.91 Å². The first-order valence-corrected chi connectivity index (χ1v) is 7.94. The number of carbonyl (C=O) groups excluding carboxylic acids is 1. The Morgan fingerprint density at radius 1 is 1.26 bits per heavy atom. The average Bonchev–Trinajstić information content (AvgIpc) is 3.23. The number of nitrogens with one attached hydrogen (secondary N) is 1. The summed E-state index contributed by atoms with van der Waals surface area (Å²) in [7, 11) is 1.47. The molecule has 27 heavy (non-hydrogen) atoms. The first kappa shape index (κ1) is 18.6. The second-order valence-electron chi connectivity index (χ2n) is 5.89. The molecule has 2 aromatic heterocycles. The quantitative estimate of drug-likeness (QED) is 0.723. The van der Waals surface area contributed by atoms with E-state index >= 15 is 0 Å². The summed E-state index contributed by atoms with van der Waals surface area (Å²) in [5.74, 6) is 0.442. The fourth-order valence-corrected chi connectivity index (χ4v) is 2.52. The minimum Gasteiger partial charge on any atom is -0.460 e. The zero-order chi connectivity index (χ0) is 19.6. The Morgan fingerprint density at radius 2 is 2.00 bits per heavy atom. The van der Waals surface area contributed by atoms with Gasteiger partial charge in [0.1, 0.15) is 17.2 Å². The van der Waals surface area contributed by atoms with Crippen LogP contribution >= 0.6 is 0 Å². The van der Waals surface area contributed by atoms with Crippen LogP contribution in [0.1, 0.15) is 21.8 Å². The van der Waals surface area contributed by atoms with Crippen molar-refractivity contribution in [1.29, 1.82) is 0 Å². The van der Waals surface area contributed by atoms with Crippen molar-refractivity contribution in [3.05, 3.63) is 59.5 Å². The maximum Gasteiger partial charge on any atom is 0.573 e. The number of alkyl halides is 3. The van der Waals surface area contributed by atoms with Crippen LogP contribution in [0.15, 0.2) is 46.9 Å². The molecule has 0 fully saturated rings. The summed E-state index contributed by atoms with van der Waals surface area (Å²) in [5.41, 5.74) is 0.875. The topological polar surface area (TPSA) is 71.4 Å². The first-order chi connectivity index (χ1) is 12.7. The SMILES string of the molecule is Cc1ccc(-c2cc(C(=O)N(C)Cc3ccccc3OC(F)(F)F)n[nH]2)o1. The van der Waals surface area contributed by atoms with Gasteiger partial charge in [0, 0.05) is 25.2 Å². The molecule has 142 valence electrons. The van der Waals surface area contributed by atoms with E-state index in [1.807, 2.05) is 0 Å². The third-order valence-electron chi connectivity index (χ3n) is 3.76. The molecule has 1 aromatic carbocycles. The van der Waals surface area contributed by atoms with E-state index in [2.05, 4.69) is 14.9 Å². The van der Waals surface area contributed by atoms with Gasteiger partial charge in [-0.15, -0.1) is 13.2 Å². The predicted octanol–water partition coefficient (Wildman–Crippen LogP) is 4.15. The van der Waals surface area contributed by atoms with Crippen molar-refractivity contribution in [3.8, 4) is 17.2 Å². The highest BCUT2D eigenvalue weighted by atomic mass is 19.4. The van der Waals surface area contributed by atoms with E-state index in [1.165, 1.54) is 36.2 Å². The predicted molar refractivity (Wildman–Crippen MR) is 89.9 cm³/mol. The van der Waals surface area contributed by atoms with E-state index in [1.54, 1.807) is 25.1 Å². The molecule has 9 heteroatoms. The molecule has 0 aliphatic rings. The Balaban J connectivity index is 1.74. The second kappa shape index (κ2) is 7.18. The molecule has 1 amide bonds. The van der Waals surface area contributed by atoms with Crippen LogP contribution in [0.3, 0.4) is 0 Å². The van der Waals surface area contributed by atoms with Crippen molar-refractivity contribution in [1.82, 2.24) is 15.1 Å². The molecule has 0 aliphatic carbocycles. The average molecular weight is 379 g/mol. The number of H-pyrrole nitrogens is 1. The highest BCUT2D eigenvalue weighted by molar-refractivity contribution is 5.93. The number of aromatic amines is 1. The van der Waals surface area contributed by atoms with Crippen LogP contribution in [0.2, 0.25) is 0 Å². The number of aromatic nitrogens is 2. The van der Waals surface area contributed by atoms with Gasteiger partial charge in [-0.1, -0.05) is 18.2 Å². The van der Waals surface area contributed by atoms with Gasteiger partial charge in [-0.05, 0) is 25.1 Å². The van der Waals surface area contributed by atoms with Crippen LogP contribution in [0.4, 0.5) is 13.2 Å². The molecule has 2 heterocycles. The standard InChI is InChI=1S/C18H16F3N3O3/c1-11-7-8-16(26-11)13-9-14(23-22-13)17(25)24(2)10-12-5-3-4-6-15(12)27-18(19,20)21/h3-9H,10H2,1-2H3,(H,22,23). The third kappa shape index (κ3) is 4.49. The number of rotatable bonds is 5. The van der Waals surface area contributed by atoms with Gasteiger partial charge in [-0.3, -0.25) is 9.89 Å². The molecule has 1 N–H and O–H groups in total. The number of hydrogen-bond acceptors (Lipinski definition) is 4. The van der Waals surface area contributed by atoms with Crippen molar-refractivity contribution in [2.45, 2.75) is 19.8 Å². The number of aryl methyl sites for hydroxylation is 1. The summed E-state index contributed by atoms with van der Waals surface area (Å²) in [6.45, 7) is 1.72. The van der Waals surface area contributed by atoms with E-state index in [0.717, 1.165) is 0 Å². The van der Waals surface area contributed by atoms with Crippen LogP contribution in [0.5, 0.6) is 5.75 Å². The molecular weight excluding hydrogens is 363 g/mol. The number of ether oxygens (including phenoxy) is 1. The van der Waals surface area contributed by atoms with Gasteiger partial charge < -0.3 is 14.1 Å². The van der Waals surface area contributed by atoms with E-state index in [4.69, 9.17) is 4.42 Å². The number of amides is 1. The molecule has 3 rings (SSSR count). The Bertz CT molecular complexity index is 946. The number of para-hydroxylation sites is 1. The van der Waals surface area contributed by atoms with Crippen LogP contribution in [0, 0.1) is 6.92 Å². The fraction of sp³-hybridized carbons (Fsp3) is 0.222. The summed E-state index contributed by atoms with van der Waals surface area (Å²) in [6, 6.07) is 10.7. The summed E-state index contributed by atoms with van der Waals surface area (Å²) < 4.78 is 47.0. The van der Waals surface area contributed by atoms with Gasteiger partial charge in [0.2, 0.25) is 0 Å². The van der Waals surface area contributed by atoms with Gasteiger partial charge in [0.15, 0.2) is 11.5 Å². The zero-order valence-electron chi connectivity index (χ0n) is 14.5. The van der Waals surface area contributed by atoms with Crippen LogP contribution in [0.25, 0.3) is 11.5 Å². The highest BCUT2D eigenvalue weighted by Gasteiger charge is 2.32. The first-order valence-electron chi connectivity index (χ1n) is 7.94. The Kier molecular flexibility index (Phi) is 4.93. The lowest BCUT2D eigenvalue weighted by molar-refractivity contribution is -0.275. The second-order valence-corrected chi connectivity index (χ2v) is 5.89. The van der Waals surface area contributed by atoms with E-state index in [0.29, 0.717) is 17.2 Å². The molecule has 0 bridgehead atoms. The normalized spacial score (nSPS) is 11.4. The highest BCUT2D eigenvalue weighted by Crippen LogP contribution is 2.27. The summed E-state index contributed by atoms with van der Waals surface area (Å²) >= 11 is 0. The Hall–Kier alpha value is -3.23. The number of benzene rings is 1. The van der Waals surface area contributed by atoms with Gasteiger partial charge in [0.05, 0.1) is 0 Å². The van der Waals surface area contributed by atoms with Crippen molar-refractivity contribution < 1.29 is 27.1 Å². The smallest absolute Gasteiger partial charge is 0.460 e. The molecule has 0 atom stereocenters. The Morgan fingerprint density at radius 3 is 2.67 bits per heavy atom. The maximum absolute atomic E-state index is 12.5. The lowest BCUT2D eigenvalue weighted by Crippen LogP contribution is -2.27. The summed E-state index contributed by atoms with van der Waals surface area (Å²) in [5, 5.41) is 6.67. The van der Waals surface area contributed by atoms with Crippen LogP contribution < -0.4 is 4.74 Å². The lowest BCUT2D eigenvalue weighted by atomic mass is 10.2. The Labute approximate surface area is 152 Å². The lowest BCUT2D eigenvalue weighted by Gasteiger charge is -2.19. The number of carbonyl (C=O) groups is 1. The van der Waals surface area contributed by atoms with Gasteiger partial charge in [0.25, 0.3) is 5.91 Å². The largest absolute Gasteiger partial charge is 0.573 e. The van der Waals surface area contributed by atoms with Crippen molar-refractivity contribution in [3.63, 3.8) is 0 Å². The molecule has 0 aliphatic heterocycles. The number of nitrogens with zero attached hydrogens (tertiary/aromatic N) is 2. The van der Waals surface area contributed by atoms with Crippen molar-refractivity contribution in [2.24, 2.45) is 0 Å². The van der Waals surface area contributed by atoms with Crippen LogP contribution in [-0.4, -0.2) is 34.4 Å². The van der Waals surface area contributed by atoms with Crippen LogP contribution in [-0.2, 0) is 6.54 Å². The van der Waals surface area contributed by atoms with Gasteiger partial charge in [-0.25, -0.2) is 0 Å². The van der Waals surface area contributed by atoms with E-state index < -0.39 is 12.3 Å². The fourth-order valence-electron chi connectivity index (χ4n) is 2.52. The van der Waals surface area contributed by atoms with Gasteiger partial charge in [-0.2, -0.15) is 5.10 Å². The molecule has 0 spiro atoms. The molecule has 0 saturated heterocycles. The molecule has 3 aromatic rings. The number of furan rings is 1. The molecule has 0 saturated carbocycles. The zero-order valence-corrected chi connectivity index (χ0v) is 14.5. The minimum atomic E-state index is -4.81. The van der Waals surface area contributed by atoms with E-state index in [9.17, 15) is 18.0 Å². The molecule has 0 unspecified atom stereocenters. The summed E-state index contributed by atoms with van der Waals surface area (Å²) in [4.78, 5) is 13.8. The molecular formula is C18H16F3N3O3. The number of hydrogen-bond donors (Lipinski definition) is 1. The summed E-state index contributed by atoms with van der Waals surface area (Å²) in [6.07, 6.45) is -4.81. The van der Waals surface area contributed by atoms with E-state index in [-0.39, 0.29) is 23.6 Å². The monoisotopic (exact) mass is 379 g/mol. The molecule has 6 nitrogen and oxygen atoms in total.